The average molecular weight is 245 g/mol. The molecule has 1 aliphatic heterocycles. The number of carboxylic acid groups (broad SMARTS) is 1. The summed E-state index contributed by atoms with van der Waals surface area (Å²) in [7, 11) is 0. The predicted octanol–water partition coefficient (Wildman–Crippen LogP) is 1.44. The lowest BCUT2D eigenvalue weighted by atomic mass is 10.2. The van der Waals surface area contributed by atoms with Crippen molar-refractivity contribution in [1.29, 1.82) is 0 Å². The van der Waals surface area contributed by atoms with Crippen molar-refractivity contribution in [3.05, 3.63) is 35.9 Å². The molecule has 92 valence electrons. The normalized spacial score (nSPS) is 15.7. The Morgan fingerprint density at radius 3 is 2.17 bits per heavy atom. The van der Waals surface area contributed by atoms with Gasteiger partial charge in [-0.3, -0.25) is 14.5 Å². The van der Waals surface area contributed by atoms with Crippen LogP contribution in [0.3, 0.4) is 0 Å². The number of hydrogen-bond acceptors (Lipinski definition) is 3. The Balaban J connectivity index is 2.20. The highest BCUT2D eigenvalue weighted by Gasteiger charge is 2.29. The van der Waals surface area contributed by atoms with E-state index in [0.29, 0.717) is 11.3 Å². The monoisotopic (exact) mass is 245 g/mol. The molecule has 0 atom stereocenters. The Hall–Kier alpha value is -2.43. The molecule has 5 nitrogen and oxygen atoms in total. The van der Waals surface area contributed by atoms with Gasteiger partial charge in [0.05, 0.1) is 5.69 Å². The van der Waals surface area contributed by atoms with E-state index in [4.69, 9.17) is 5.11 Å². The number of carboxylic acids is 1. The zero-order chi connectivity index (χ0) is 13.1. The van der Waals surface area contributed by atoms with Gasteiger partial charge < -0.3 is 5.11 Å². The first-order valence-corrected chi connectivity index (χ1v) is 5.45. The molecule has 18 heavy (non-hydrogen) atoms. The Bertz CT molecular complexity index is 514. The van der Waals surface area contributed by atoms with Gasteiger partial charge in [0.15, 0.2) is 0 Å². The van der Waals surface area contributed by atoms with Crippen LogP contribution in [0.25, 0.3) is 6.08 Å². The number of amides is 2. The van der Waals surface area contributed by atoms with Crippen LogP contribution in [0.5, 0.6) is 0 Å². The SMILES string of the molecule is O=C(O)/C=C/c1ccc(N2C(=O)CCC2=O)cc1. The molecule has 0 aliphatic carbocycles. The van der Waals surface area contributed by atoms with Gasteiger partial charge in [-0.2, -0.15) is 0 Å². The standard InChI is InChI=1S/C13H11NO4/c15-11-6-7-12(16)14(11)10-4-1-9(2-5-10)3-8-13(17)18/h1-5,8H,6-7H2,(H,17,18)/b8-3+. The first kappa shape index (κ1) is 12.0. The van der Waals surface area contributed by atoms with Crippen molar-refractivity contribution in [3.8, 4) is 0 Å². The average Bonchev–Trinajstić information content (AvgIpc) is 2.67. The van der Waals surface area contributed by atoms with Crippen molar-refractivity contribution in [2.24, 2.45) is 0 Å². The first-order valence-electron chi connectivity index (χ1n) is 5.45. The molecule has 1 aliphatic rings. The van der Waals surface area contributed by atoms with Crippen molar-refractivity contribution in [2.45, 2.75) is 12.8 Å². The lowest BCUT2D eigenvalue weighted by molar-refractivity contribution is -0.131. The number of imide groups is 1. The number of carbonyl (C=O) groups excluding carboxylic acids is 2. The third-order valence-electron chi connectivity index (χ3n) is 2.62. The van der Waals surface area contributed by atoms with Crippen molar-refractivity contribution < 1.29 is 19.5 Å². The highest BCUT2D eigenvalue weighted by molar-refractivity contribution is 6.19. The Labute approximate surface area is 103 Å². The third-order valence-corrected chi connectivity index (χ3v) is 2.62. The van der Waals surface area contributed by atoms with Crippen LogP contribution in [0, 0.1) is 0 Å². The van der Waals surface area contributed by atoms with Crippen LogP contribution in [0.2, 0.25) is 0 Å². The van der Waals surface area contributed by atoms with Gasteiger partial charge in [-0.1, -0.05) is 12.1 Å². The van der Waals surface area contributed by atoms with Crippen LogP contribution < -0.4 is 4.90 Å². The second-order valence-corrected chi connectivity index (χ2v) is 3.89. The number of benzene rings is 1. The summed E-state index contributed by atoms with van der Waals surface area (Å²) in [5, 5.41) is 8.49. The van der Waals surface area contributed by atoms with E-state index in [1.54, 1.807) is 24.3 Å². The molecule has 1 saturated heterocycles. The number of anilines is 1. The summed E-state index contributed by atoms with van der Waals surface area (Å²) in [5.41, 5.74) is 1.22. The minimum atomic E-state index is -1.02. The fourth-order valence-corrected chi connectivity index (χ4v) is 1.77. The van der Waals surface area contributed by atoms with E-state index < -0.39 is 5.97 Å². The van der Waals surface area contributed by atoms with Gasteiger partial charge >= 0.3 is 5.97 Å². The van der Waals surface area contributed by atoms with Crippen LogP contribution in [0.1, 0.15) is 18.4 Å². The van der Waals surface area contributed by atoms with Crippen LogP contribution >= 0.6 is 0 Å². The minimum absolute atomic E-state index is 0.200. The van der Waals surface area contributed by atoms with Gasteiger partial charge in [0.25, 0.3) is 0 Å². The number of nitrogens with zero attached hydrogens (tertiary/aromatic N) is 1. The van der Waals surface area contributed by atoms with E-state index in [1.165, 1.54) is 6.08 Å². The van der Waals surface area contributed by atoms with Crippen molar-refractivity contribution in [1.82, 2.24) is 0 Å². The fraction of sp³-hybridized carbons (Fsp3) is 0.154. The maximum absolute atomic E-state index is 11.5. The molecule has 2 rings (SSSR count). The van der Waals surface area contributed by atoms with E-state index in [2.05, 4.69) is 0 Å². The summed E-state index contributed by atoms with van der Waals surface area (Å²) in [6, 6.07) is 6.58. The van der Waals surface area contributed by atoms with Crippen LogP contribution in [-0.2, 0) is 14.4 Å². The van der Waals surface area contributed by atoms with E-state index in [1.807, 2.05) is 0 Å². The molecular weight excluding hydrogens is 234 g/mol. The Morgan fingerprint density at radius 1 is 1.11 bits per heavy atom. The van der Waals surface area contributed by atoms with E-state index >= 15 is 0 Å². The number of rotatable bonds is 3. The highest BCUT2D eigenvalue weighted by atomic mass is 16.4. The van der Waals surface area contributed by atoms with Gasteiger partial charge in [-0.15, -0.1) is 0 Å². The van der Waals surface area contributed by atoms with Gasteiger partial charge in [0.1, 0.15) is 0 Å². The molecule has 2 amide bonds. The van der Waals surface area contributed by atoms with Gasteiger partial charge in [0.2, 0.25) is 11.8 Å². The molecule has 5 heteroatoms. The summed E-state index contributed by atoms with van der Waals surface area (Å²) in [6.07, 6.45) is 2.97. The summed E-state index contributed by atoms with van der Waals surface area (Å²) in [5.74, 6) is -1.42. The zero-order valence-electron chi connectivity index (χ0n) is 9.50. The maximum Gasteiger partial charge on any atom is 0.328 e. The largest absolute Gasteiger partial charge is 0.478 e. The van der Waals surface area contributed by atoms with Crippen LogP contribution in [-0.4, -0.2) is 22.9 Å². The molecular formula is C13H11NO4. The number of aliphatic carboxylic acids is 1. The van der Waals surface area contributed by atoms with E-state index in [0.717, 1.165) is 11.0 Å². The second-order valence-electron chi connectivity index (χ2n) is 3.89. The fourth-order valence-electron chi connectivity index (χ4n) is 1.77. The first-order chi connectivity index (χ1) is 8.58. The van der Waals surface area contributed by atoms with E-state index in [-0.39, 0.29) is 24.7 Å². The van der Waals surface area contributed by atoms with E-state index in [9.17, 15) is 14.4 Å². The van der Waals surface area contributed by atoms with Crippen LogP contribution in [0.4, 0.5) is 5.69 Å². The molecule has 1 aromatic rings. The third kappa shape index (κ3) is 2.45. The lowest BCUT2D eigenvalue weighted by Crippen LogP contribution is -2.28. The van der Waals surface area contributed by atoms with Crippen molar-refractivity contribution >= 4 is 29.5 Å². The van der Waals surface area contributed by atoms with Gasteiger partial charge in [-0.05, 0) is 23.8 Å². The molecule has 0 spiro atoms. The number of hydrogen-bond donors (Lipinski definition) is 1. The zero-order valence-corrected chi connectivity index (χ0v) is 9.50. The van der Waals surface area contributed by atoms with Crippen molar-refractivity contribution in [2.75, 3.05) is 4.90 Å². The second kappa shape index (κ2) is 4.83. The molecule has 0 unspecified atom stereocenters. The molecule has 0 radical (unpaired) electrons. The van der Waals surface area contributed by atoms with Crippen molar-refractivity contribution in [3.63, 3.8) is 0 Å². The minimum Gasteiger partial charge on any atom is -0.478 e. The molecule has 1 heterocycles. The van der Waals surface area contributed by atoms with Crippen LogP contribution in [0.15, 0.2) is 30.3 Å². The summed E-state index contributed by atoms with van der Waals surface area (Å²) in [6.45, 7) is 0. The molecule has 1 aromatic carbocycles. The lowest BCUT2D eigenvalue weighted by Gasteiger charge is -2.13. The van der Waals surface area contributed by atoms with Gasteiger partial charge in [0, 0.05) is 18.9 Å². The molecule has 1 fully saturated rings. The molecule has 0 aromatic heterocycles. The molecule has 0 saturated carbocycles. The van der Waals surface area contributed by atoms with Gasteiger partial charge in [-0.25, -0.2) is 4.79 Å². The maximum atomic E-state index is 11.5. The smallest absolute Gasteiger partial charge is 0.328 e. The Kier molecular flexibility index (Phi) is 3.23. The Morgan fingerprint density at radius 2 is 1.67 bits per heavy atom. The summed E-state index contributed by atoms with van der Waals surface area (Å²) < 4.78 is 0. The predicted molar refractivity (Wildman–Crippen MR) is 64.8 cm³/mol. The summed E-state index contributed by atoms with van der Waals surface area (Å²) in [4.78, 5) is 34.5. The number of carbonyl (C=O) groups is 3. The quantitative estimate of drug-likeness (QED) is 0.645. The highest BCUT2D eigenvalue weighted by Crippen LogP contribution is 2.22. The molecule has 0 bridgehead atoms. The molecule has 1 N–H and O–H groups in total. The summed E-state index contributed by atoms with van der Waals surface area (Å²) >= 11 is 0. The topological polar surface area (TPSA) is 74.7 Å².